The van der Waals surface area contributed by atoms with Crippen molar-refractivity contribution in [3.8, 4) is 0 Å². The number of hydrogen-bond donors (Lipinski definition) is 1. The van der Waals surface area contributed by atoms with Crippen LogP contribution in [-0.4, -0.2) is 16.3 Å². The molecule has 20 heavy (non-hydrogen) atoms. The van der Waals surface area contributed by atoms with Gasteiger partial charge in [-0.2, -0.15) is 5.10 Å². The van der Waals surface area contributed by atoms with Gasteiger partial charge in [0.05, 0.1) is 18.8 Å². The monoisotopic (exact) mass is 275 g/mol. The lowest BCUT2D eigenvalue weighted by molar-refractivity contribution is 0.461. The van der Waals surface area contributed by atoms with Crippen LogP contribution in [0.25, 0.3) is 0 Å². The lowest BCUT2D eigenvalue weighted by atomic mass is 10.1. The Hall–Kier alpha value is -1.55. The van der Waals surface area contributed by atoms with Crippen LogP contribution >= 0.6 is 0 Å². The first kappa shape index (κ1) is 14.9. The predicted octanol–water partition coefficient (Wildman–Crippen LogP) is 3.12. The Morgan fingerprint density at radius 3 is 2.60 bits per heavy atom. The smallest absolute Gasteiger partial charge is 0.118 e. The molecule has 110 valence electrons. The third-order valence-electron chi connectivity index (χ3n) is 3.83. The van der Waals surface area contributed by atoms with Gasteiger partial charge in [-0.05, 0) is 45.4 Å². The molecule has 0 spiro atoms. The van der Waals surface area contributed by atoms with E-state index in [0.29, 0.717) is 0 Å². The van der Waals surface area contributed by atoms with Crippen LogP contribution in [0.5, 0.6) is 0 Å². The van der Waals surface area contributed by atoms with Gasteiger partial charge in [0.1, 0.15) is 11.5 Å². The molecule has 1 N–H and O–H groups in total. The van der Waals surface area contributed by atoms with E-state index in [-0.39, 0.29) is 0 Å². The first-order valence-corrected chi connectivity index (χ1v) is 7.38. The van der Waals surface area contributed by atoms with Crippen molar-refractivity contribution in [3.63, 3.8) is 0 Å². The summed E-state index contributed by atoms with van der Waals surface area (Å²) in [5, 5.41) is 7.93. The minimum Gasteiger partial charge on any atom is -0.465 e. The summed E-state index contributed by atoms with van der Waals surface area (Å²) in [5.74, 6) is 1.99. The van der Waals surface area contributed by atoms with Gasteiger partial charge in [0.2, 0.25) is 0 Å². The first-order chi connectivity index (χ1) is 9.56. The van der Waals surface area contributed by atoms with Crippen molar-refractivity contribution in [3.05, 3.63) is 40.1 Å². The summed E-state index contributed by atoms with van der Waals surface area (Å²) in [5.41, 5.74) is 4.98. The molecule has 0 bridgehead atoms. The lowest BCUT2D eigenvalue weighted by Gasteiger charge is -2.03. The third-order valence-corrected chi connectivity index (χ3v) is 3.83. The Balaban J connectivity index is 2.19. The number of rotatable bonds is 6. The summed E-state index contributed by atoms with van der Waals surface area (Å²) in [4.78, 5) is 0. The average molecular weight is 275 g/mol. The quantitative estimate of drug-likeness (QED) is 0.881. The number of furan rings is 1. The molecule has 0 amide bonds. The standard InChI is InChI=1S/C16H25N3O/c1-6-16-11(3)18-19(12(16)4)10-14-8-15(9-17-7-2)20-13(14)5/h8,17H,6-7,9-10H2,1-5H3. The van der Waals surface area contributed by atoms with Gasteiger partial charge in [0.25, 0.3) is 0 Å². The van der Waals surface area contributed by atoms with Crippen LogP contribution in [-0.2, 0) is 19.5 Å². The molecule has 0 radical (unpaired) electrons. The lowest BCUT2D eigenvalue weighted by Crippen LogP contribution is -2.10. The molecule has 0 fully saturated rings. The summed E-state index contributed by atoms with van der Waals surface area (Å²) < 4.78 is 7.87. The van der Waals surface area contributed by atoms with E-state index in [1.165, 1.54) is 16.8 Å². The normalized spacial score (nSPS) is 11.2. The van der Waals surface area contributed by atoms with Crippen LogP contribution in [0, 0.1) is 20.8 Å². The highest BCUT2D eigenvalue weighted by Gasteiger charge is 2.13. The summed E-state index contributed by atoms with van der Waals surface area (Å²) in [6.07, 6.45) is 1.04. The molecule has 2 aromatic rings. The maximum atomic E-state index is 5.79. The highest BCUT2D eigenvalue weighted by molar-refractivity contribution is 5.27. The molecule has 4 heteroatoms. The molecule has 0 saturated heterocycles. The molecule has 0 saturated carbocycles. The van der Waals surface area contributed by atoms with Gasteiger partial charge in [0.15, 0.2) is 0 Å². The number of hydrogen-bond acceptors (Lipinski definition) is 3. The SMILES string of the molecule is CCNCc1cc(Cn2nc(C)c(CC)c2C)c(C)o1. The van der Waals surface area contributed by atoms with Gasteiger partial charge in [-0.3, -0.25) is 4.68 Å². The van der Waals surface area contributed by atoms with Crippen molar-refractivity contribution in [2.24, 2.45) is 0 Å². The second-order valence-corrected chi connectivity index (χ2v) is 5.24. The van der Waals surface area contributed by atoms with E-state index in [9.17, 15) is 0 Å². The van der Waals surface area contributed by atoms with E-state index < -0.39 is 0 Å². The Morgan fingerprint density at radius 1 is 1.25 bits per heavy atom. The zero-order chi connectivity index (χ0) is 14.7. The Morgan fingerprint density at radius 2 is 2.00 bits per heavy atom. The van der Waals surface area contributed by atoms with Crippen LogP contribution in [0.3, 0.4) is 0 Å². The number of nitrogens with one attached hydrogen (secondary N) is 1. The molecule has 0 atom stereocenters. The Bertz CT molecular complexity index is 581. The largest absolute Gasteiger partial charge is 0.465 e. The molecular formula is C16H25N3O. The fourth-order valence-corrected chi connectivity index (χ4v) is 2.64. The summed E-state index contributed by atoms with van der Waals surface area (Å²) >= 11 is 0. The van der Waals surface area contributed by atoms with E-state index in [0.717, 1.165) is 43.3 Å². The molecule has 2 heterocycles. The maximum Gasteiger partial charge on any atom is 0.118 e. The van der Waals surface area contributed by atoms with Gasteiger partial charge in [0, 0.05) is 11.3 Å². The zero-order valence-electron chi connectivity index (χ0n) is 13.2. The number of aromatic nitrogens is 2. The number of nitrogens with zero attached hydrogens (tertiary/aromatic N) is 2. The zero-order valence-corrected chi connectivity index (χ0v) is 13.2. The van der Waals surface area contributed by atoms with Crippen LogP contribution in [0.15, 0.2) is 10.5 Å². The minimum absolute atomic E-state index is 0.786. The third kappa shape index (κ3) is 2.96. The molecule has 2 rings (SSSR count). The highest BCUT2D eigenvalue weighted by atomic mass is 16.3. The molecule has 0 unspecified atom stereocenters. The van der Waals surface area contributed by atoms with Crippen LogP contribution in [0.4, 0.5) is 0 Å². The highest BCUT2D eigenvalue weighted by Crippen LogP contribution is 2.19. The van der Waals surface area contributed by atoms with Gasteiger partial charge in [-0.1, -0.05) is 13.8 Å². The second kappa shape index (κ2) is 6.27. The topological polar surface area (TPSA) is 43.0 Å². The molecular weight excluding hydrogens is 250 g/mol. The summed E-state index contributed by atoms with van der Waals surface area (Å²) in [7, 11) is 0. The second-order valence-electron chi connectivity index (χ2n) is 5.24. The Labute approximate surface area is 121 Å². The molecule has 0 aliphatic heterocycles. The van der Waals surface area contributed by atoms with Crippen molar-refractivity contribution in [1.29, 1.82) is 0 Å². The first-order valence-electron chi connectivity index (χ1n) is 7.38. The average Bonchev–Trinajstić information content (AvgIpc) is 2.89. The Kier molecular flexibility index (Phi) is 4.65. The molecule has 0 aromatic carbocycles. The van der Waals surface area contributed by atoms with Crippen molar-refractivity contribution in [1.82, 2.24) is 15.1 Å². The van der Waals surface area contributed by atoms with Gasteiger partial charge in [-0.25, -0.2) is 0 Å². The molecule has 0 aliphatic carbocycles. The molecule has 2 aromatic heterocycles. The summed E-state index contributed by atoms with van der Waals surface area (Å²) in [6.45, 7) is 13.1. The van der Waals surface area contributed by atoms with Gasteiger partial charge < -0.3 is 9.73 Å². The van der Waals surface area contributed by atoms with E-state index >= 15 is 0 Å². The fraction of sp³-hybridized carbons (Fsp3) is 0.562. The maximum absolute atomic E-state index is 5.79. The van der Waals surface area contributed by atoms with Crippen molar-refractivity contribution in [2.75, 3.05) is 6.54 Å². The van der Waals surface area contributed by atoms with Crippen LogP contribution in [0.2, 0.25) is 0 Å². The molecule has 4 nitrogen and oxygen atoms in total. The molecule has 0 aliphatic rings. The van der Waals surface area contributed by atoms with Crippen molar-refractivity contribution in [2.45, 2.75) is 54.1 Å². The predicted molar refractivity (Wildman–Crippen MR) is 81.0 cm³/mol. The van der Waals surface area contributed by atoms with E-state index in [4.69, 9.17) is 4.42 Å². The summed E-state index contributed by atoms with van der Waals surface area (Å²) in [6, 6.07) is 2.14. The van der Waals surface area contributed by atoms with Crippen LogP contribution in [0.1, 0.15) is 47.9 Å². The van der Waals surface area contributed by atoms with E-state index in [1.54, 1.807) is 0 Å². The van der Waals surface area contributed by atoms with Gasteiger partial charge in [-0.15, -0.1) is 0 Å². The van der Waals surface area contributed by atoms with Crippen molar-refractivity contribution < 1.29 is 4.42 Å². The van der Waals surface area contributed by atoms with Gasteiger partial charge >= 0.3 is 0 Å². The van der Waals surface area contributed by atoms with E-state index in [1.807, 2.05) is 6.92 Å². The van der Waals surface area contributed by atoms with Crippen molar-refractivity contribution >= 4 is 0 Å². The van der Waals surface area contributed by atoms with E-state index in [2.05, 4.69) is 48.9 Å². The fourth-order valence-electron chi connectivity index (χ4n) is 2.64. The van der Waals surface area contributed by atoms with Crippen LogP contribution < -0.4 is 5.32 Å². The number of aryl methyl sites for hydroxylation is 2. The minimum atomic E-state index is 0.786.